The Kier molecular flexibility index (Phi) is 7.16. The predicted octanol–water partition coefficient (Wildman–Crippen LogP) is 3.64. The first-order valence-electron chi connectivity index (χ1n) is 11.7. The number of ether oxygens (including phenoxy) is 2. The Balaban J connectivity index is 1.38. The lowest BCUT2D eigenvalue weighted by Gasteiger charge is -2.29. The zero-order valence-corrected chi connectivity index (χ0v) is 20.6. The molecule has 1 unspecified atom stereocenters. The number of benzodiazepines with no additional fused rings is 1. The van der Waals surface area contributed by atoms with Gasteiger partial charge in [0, 0.05) is 41.4 Å². The van der Waals surface area contributed by atoms with Crippen molar-refractivity contribution in [3.8, 4) is 0 Å². The van der Waals surface area contributed by atoms with Crippen molar-refractivity contribution in [1.82, 2.24) is 0 Å². The van der Waals surface area contributed by atoms with Crippen LogP contribution in [0.15, 0.2) is 82.8 Å². The van der Waals surface area contributed by atoms with E-state index in [0.717, 1.165) is 29.9 Å². The second-order valence-corrected chi connectivity index (χ2v) is 8.80. The van der Waals surface area contributed by atoms with Crippen LogP contribution in [0.4, 0.5) is 11.4 Å². The molecule has 3 N–H and O–H groups in total. The van der Waals surface area contributed by atoms with E-state index >= 15 is 0 Å². The average Bonchev–Trinajstić information content (AvgIpc) is 3.05. The number of halogens is 1. The van der Waals surface area contributed by atoms with E-state index in [1.807, 2.05) is 54.6 Å². The fourth-order valence-electron chi connectivity index (χ4n) is 4.16. The van der Waals surface area contributed by atoms with Crippen LogP contribution in [0, 0.1) is 0 Å². The van der Waals surface area contributed by atoms with Crippen molar-refractivity contribution in [3.63, 3.8) is 0 Å². The zero-order valence-electron chi connectivity index (χ0n) is 19.8. The number of hydrogen-bond acceptors (Lipinski definition) is 6. The third-order valence-electron chi connectivity index (χ3n) is 5.98. The van der Waals surface area contributed by atoms with Gasteiger partial charge in [0.2, 0.25) is 6.17 Å². The van der Waals surface area contributed by atoms with Crippen molar-refractivity contribution < 1.29 is 14.3 Å². The largest absolute Gasteiger partial charge is 0.770 e. The number of para-hydroxylation sites is 1. The summed E-state index contributed by atoms with van der Waals surface area (Å²) in [6.07, 6.45) is -1.24. The molecule has 0 aromatic heterocycles. The molecule has 3 aromatic rings. The highest BCUT2D eigenvalue weighted by molar-refractivity contribution is 6.34. The molecule has 0 aliphatic carbocycles. The van der Waals surface area contributed by atoms with Crippen LogP contribution in [0.5, 0.6) is 0 Å². The number of carbonyl (C=O) groups is 1. The molecule has 5 rings (SSSR count). The third-order valence-corrected chi connectivity index (χ3v) is 6.30. The van der Waals surface area contributed by atoms with Crippen LogP contribution in [-0.4, -0.2) is 56.0 Å². The number of rotatable bonds is 4. The number of amidine groups is 1. The standard InChI is InChI=1S/C27H24ClN6O3/c28-21-16-18(34-12-14-36-15-13-34)10-11-19(21)24(29)37-27(30)33-25-26(35)31-22-9-5-4-8-20(22)23(32-25)17-6-2-1-3-7-17/h1-11,16,25H,12-15H2,(H2,30,33)(H,31,35)/q-1. The molecule has 2 heterocycles. The molecule has 0 spiro atoms. The number of hydrogen-bond donors (Lipinski definition) is 2. The van der Waals surface area contributed by atoms with Gasteiger partial charge in [-0.2, -0.15) is 4.99 Å². The summed E-state index contributed by atoms with van der Waals surface area (Å²) >= 11 is 6.42. The summed E-state index contributed by atoms with van der Waals surface area (Å²) < 4.78 is 10.7. The first-order valence-corrected chi connectivity index (χ1v) is 12.1. The number of nitrogens with two attached hydrogens (primary N) is 1. The van der Waals surface area contributed by atoms with Gasteiger partial charge >= 0.3 is 0 Å². The van der Waals surface area contributed by atoms with Gasteiger partial charge in [0.1, 0.15) is 0 Å². The van der Waals surface area contributed by atoms with Crippen LogP contribution in [-0.2, 0) is 14.3 Å². The highest BCUT2D eigenvalue weighted by Gasteiger charge is 2.26. The number of carbonyl (C=O) groups excluding carboxylic acids is 1. The van der Waals surface area contributed by atoms with Gasteiger partial charge in [-0.05, 0) is 24.3 Å². The summed E-state index contributed by atoms with van der Waals surface area (Å²) in [6, 6.07) is 21.6. The average molecular weight is 516 g/mol. The second-order valence-electron chi connectivity index (χ2n) is 8.39. The number of morpholine rings is 1. The molecule has 0 radical (unpaired) electrons. The van der Waals surface area contributed by atoms with E-state index in [-0.39, 0.29) is 10.6 Å². The smallest absolute Gasteiger partial charge is 0.288 e. The summed E-state index contributed by atoms with van der Waals surface area (Å²) in [7, 11) is 0. The maximum atomic E-state index is 12.9. The monoisotopic (exact) mass is 515 g/mol. The predicted molar refractivity (Wildman–Crippen MR) is 146 cm³/mol. The summed E-state index contributed by atoms with van der Waals surface area (Å²) in [4.78, 5) is 23.8. The minimum atomic E-state index is -1.24. The van der Waals surface area contributed by atoms with E-state index in [0.29, 0.717) is 24.6 Å². The second kappa shape index (κ2) is 10.8. The minimum Gasteiger partial charge on any atom is -0.770 e. The van der Waals surface area contributed by atoms with E-state index in [1.165, 1.54) is 0 Å². The zero-order chi connectivity index (χ0) is 25.8. The minimum absolute atomic E-state index is 0.239. The number of aliphatic imine (C=N–C) groups is 2. The summed E-state index contributed by atoms with van der Waals surface area (Å²) in [5.41, 5.74) is 9.86. The molecule has 9 nitrogen and oxygen atoms in total. The molecule has 1 atom stereocenters. The van der Waals surface area contributed by atoms with E-state index < -0.39 is 24.0 Å². The maximum Gasteiger partial charge on any atom is 0.288 e. The molecule has 1 saturated heterocycles. The number of nitrogens with zero attached hydrogens (tertiary/aromatic N) is 4. The first kappa shape index (κ1) is 24.5. The normalized spacial score (nSPS) is 17.8. The number of anilines is 2. The molecule has 3 aromatic carbocycles. The van der Waals surface area contributed by atoms with Crippen LogP contribution in [0.3, 0.4) is 0 Å². The Morgan fingerprint density at radius 3 is 2.59 bits per heavy atom. The molecule has 188 valence electrons. The summed E-state index contributed by atoms with van der Waals surface area (Å²) in [6.45, 7) is 2.78. The third kappa shape index (κ3) is 5.47. The number of fused-ring (bicyclic) bond motifs is 1. The Hall–Kier alpha value is -4.21. The summed E-state index contributed by atoms with van der Waals surface area (Å²) in [5.74, 6) is -1.03. The van der Waals surface area contributed by atoms with Gasteiger partial charge in [0.25, 0.3) is 11.9 Å². The van der Waals surface area contributed by atoms with Crippen molar-refractivity contribution in [2.45, 2.75) is 6.17 Å². The highest BCUT2D eigenvalue weighted by Crippen LogP contribution is 2.26. The van der Waals surface area contributed by atoms with E-state index in [2.05, 4.69) is 20.2 Å². The Morgan fingerprint density at radius 2 is 1.84 bits per heavy atom. The molecular formula is C27H24ClN6O3-. The molecule has 1 fully saturated rings. The van der Waals surface area contributed by atoms with Crippen LogP contribution >= 0.6 is 11.6 Å². The van der Waals surface area contributed by atoms with Gasteiger partial charge in [-0.1, -0.05) is 60.1 Å². The fraction of sp³-hybridized carbons (Fsp3) is 0.185. The summed E-state index contributed by atoms with van der Waals surface area (Å²) in [5, 5.41) is 13.7. The van der Waals surface area contributed by atoms with Crippen molar-refractivity contribution in [2.24, 2.45) is 15.7 Å². The van der Waals surface area contributed by atoms with Crippen LogP contribution in [0.25, 0.3) is 5.41 Å². The molecule has 10 heteroatoms. The topological polar surface area (TPSA) is 124 Å². The van der Waals surface area contributed by atoms with Crippen molar-refractivity contribution in [2.75, 3.05) is 36.5 Å². The van der Waals surface area contributed by atoms with Crippen LogP contribution in [0.2, 0.25) is 5.02 Å². The Bertz CT molecular complexity index is 1390. The molecule has 0 saturated carbocycles. The van der Waals surface area contributed by atoms with Gasteiger partial charge in [-0.3, -0.25) is 4.79 Å². The van der Waals surface area contributed by atoms with Gasteiger partial charge in [-0.15, -0.1) is 0 Å². The van der Waals surface area contributed by atoms with Gasteiger partial charge in [-0.25, -0.2) is 4.99 Å². The lowest BCUT2D eigenvalue weighted by Crippen LogP contribution is -2.36. The van der Waals surface area contributed by atoms with Gasteiger partial charge in [0.05, 0.1) is 29.6 Å². The van der Waals surface area contributed by atoms with Crippen molar-refractivity contribution in [1.29, 1.82) is 0 Å². The van der Waals surface area contributed by atoms with Crippen LogP contribution < -0.4 is 16.0 Å². The number of benzene rings is 3. The van der Waals surface area contributed by atoms with Gasteiger partial charge < -0.3 is 30.8 Å². The van der Waals surface area contributed by atoms with Crippen molar-refractivity contribution >= 4 is 46.5 Å². The molecule has 0 bridgehead atoms. The molecule has 1 amide bonds. The molecule has 2 aliphatic heterocycles. The lowest BCUT2D eigenvalue weighted by molar-refractivity contribution is -0.117. The molecule has 2 aliphatic rings. The molecular weight excluding hydrogens is 492 g/mol. The van der Waals surface area contributed by atoms with E-state index in [1.54, 1.807) is 18.2 Å². The van der Waals surface area contributed by atoms with Gasteiger partial charge in [0.15, 0.2) is 0 Å². The number of nitrogens with one attached hydrogen (secondary N) is 1. The quantitative estimate of drug-likeness (QED) is 0.405. The highest BCUT2D eigenvalue weighted by atomic mass is 35.5. The lowest BCUT2D eigenvalue weighted by atomic mass is 10.0. The first-order chi connectivity index (χ1) is 18.0. The Morgan fingerprint density at radius 1 is 1.11 bits per heavy atom. The van der Waals surface area contributed by atoms with E-state index in [9.17, 15) is 10.2 Å². The molecule has 37 heavy (non-hydrogen) atoms. The number of amides is 1. The maximum absolute atomic E-state index is 12.9. The Labute approximate surface area is 219 Å². The van der Waals surface area contributed by atoms with E-state index in [4.69, 9.17) is 26.8 Å². The SMILES string of the molecule is [N-]=C(O/C(N)=N/C1N=C(c2ccccc2)c2ccccc2NC1=O)c1ccc(N2CCOCC2)cc1Cl. The van der Waals surface area contributed by atoms with Crippen molar-refractivity contribution in [3.05, 3.63) is 99.9 Å². The fourth-order valence-corrected chi connectivity index (χ4v) is 4.41. The van der Waals surface area contributed by atoms with Crippen LogP contribution in [0.1, 0.15) is 16.7 Å².